The van der Waals surface area contributed by atoms with Crippen LogP contribution in [0.1, 0.15) is 50.7 Å². The molecule has 0 aromatic heterocycles. The number of unbranched alkanes of at least 4 members (excludes halogenated alkanes) is 2. The lowest BCUT2D eigenvalue weighted by Gasteiger charge is -2.16. The van der Waals surface area contributed by atoms with Crippen molar-refractivity contribution in [2.24, 2.45) is 0 Å². The third kappa shape index (κ3) is 4.48. The third-order valence-corrected chi connectivity index (χ3v) is 2.94. The molecular weight excluding hydrogens is 208 g/mol. The summed E-state index contributed by atoms with van der Waals surface area (Å²) in [6.07, 6.45) is 4.94. The Morgan fingerprint density at radius 1 is 1.35 bits per heavy atom. The fourth-order valence-electron chi connectivity index (χ4n) is 1.91. The Bertz CT molecular complexity index is 390. The van der Waals surface area contributed by atoms with E-state index in [1.807, 2.05) is 25.1 Å². The molecule has 0 spiro atoms. The molecule has 17 heavy (non-hydrogen) atoms. The van der Waals surface area contributed by atoms with Crippen LogP contribution in [-0.2, 0) is 0 Å². The number of aryl methyl sites for hydroxylation is 1. The topological polar surface area (TPSA) is 35.8 Å². The van der Waals surface area contributed by atoms with Gasteiger partial charge in [0.15, 0.2) is 0 Å². The Labute approximate surface area is 105 Å². The molecule has 0 bridgehead atoms. The number of benzene rings is 1. The fourth-order valence-corrected chi connectivity index (χ4v) is 1.91. The van der Waals surface area contributed by atoms with Gasteiger partial charge in [0.05, 0.1) is 11.3 Å². The molecule has 0 saturated heterocycles. The van der Waals surface area contributed by atoms with E-state index in [1.54, 1.807) is 0 Å². The molecular formula is C15H22N2. The normalized spacial score (nSPS) is 11.9. The van der Waals surface area contributed by atoms with Crippen LogP contribution in [0.5, 0.6) is 0 Å². The summed E-state index contributed by atoms with van der Waals surface area (Å²) in [5.41, 5.74) is 2.83. The molecule has 0 saturated carbocycles. The molecule has 1 aromatic rings. The number of nitrogens with zero attached hydrogens (tertiary/aromatic N) is 1. The van der Waals surface area contributed by atoms with Gasteiger partial charge in [-0.05, 0) is 38.0 Å². The lowest BCUT2D eigenvalue weighted by atomic mass is 10.1. The molecule has 1 N–H and O–H groups in total. The van der Waals surface area contributed by atoms with E-state index in [2.05, 4.69) is 25.2 Å². The van der Waals surface area contributed by atoms with Crippen molar-refractivity contribution in [1.29, 1.82) is 5.26 Å². The summed E-state index contributed by atoms with van der Waals surface area (Å²) in [7, 11) is 0. The van der Waals surface area contributed by atoms with Crippen molar-refractivity contribution in [3.63, 3.8) is 0 Å². The fraction of sp³-hybridized carbons (Fsp3) is 0.533. The first-order valence-electron chi connectivity index (χ1n) is 6.44. The van der Waals surface area contributed by atoms with Crippen LogP contribution in [0.4, 0.5) is 5.69 Å². The number of anilines is 1. The molecule has 0 radical (unpaired) electrons. The van der Waals surface area contributed by atoms with Crippen LogP contribution in [0.3, 0.4) is 0 Å². The van der Waals surface area contributed by atoms with Crippen molar-refractivity contribution in [1.82, 2.24) is 0 Å². The molecule has 0 amide bonds. The molecule has 1 atom stereocenters. The Kier molecular flexibility index (Phi) is 5.56. The van der Waals surface area contributed by atoms with Gasteiger partial charge in [-0.1, -0.05) is 32.3 Å². The first kappa shape index (κ1) is 13.6. The molecule has 1 unspecified atom stereocenters. The van der Waals surface area contributed by atoms with Gasteiger partial charge in [-0.2, -0.15) is 5.26 Å². The predicted molar refractivity (Wildman–Crippen MR) is 73.1 cm³/mol. The molecule has 0 aliphatic heterocycles. The van der Waals surface area contributed by atoms with E-state index >= 15 is 0 Å². The number of nitriles is 1. The second kappa shape index (κ2) is 6.96. The quantitative estimate of drug-likeness (QED) is 0.742. The van der Waals surface area contributed by atoms with E-state index in [9.17, 15) is 0 Å². The summed E-state index contributed by atoms with van der Waals surface area (Å²) in [5, 5.41) is 12.5. The van der Waals surface area contributed by atoms with E-state index in [0.29, 0.717) is 6.04 Å². The zero-order valence-electron chi connectivity index (χ0n) is 11.1. The number of nitrogens with one attached hydrogen (secondary N) is 1. The molecule has 0 aliphatic rings. The minimum absolute atomic E-state index is 0.427. The van der Waals surface area contributed by atoms with E-state index in [1.165, 1.54) is 19.3 Å². The zero-order valence-corrected chi connectivity index (χ0v) is 11.1. The Morgan fingerprint density at radius 3 is 2.76 bits per heavy atom. The summed E-state index contributed by atoms with van der Waals surface area (Å²) >= 11 is 0. The lowest BCUT2D eigenvalue weighted by molar-refractivity contribution is 0.615. The maximum absolute atomic E-state index is 9.08. The molecule has 0 fully saturated rings. The Morgan fingerprint density at radius 2 is 2.12 bits per heavy atom. The lowest BCUT2D eigenvalue weighted by Crippen LogP contribution is -2.15. The third-order valence-electron chi connectivity index (χ3n) is 2.94. The van der Waals surface area contributed by atoms with E-state index in [0.717, 1.165) is 23.2 Å². The van der Waals surface area contributed by atoms with E-state index in [4.69, 9.17) is 5.26 Å². The highest BCUT2D eigenvalue weighted by molar-refractivity contribution is 5.58. The minimum atomic E-state index is 0.427. The van der Waals surface area contributed by atoms with Gasteiger partial charge in [-0.3, -0.25) is 0 Å². The first-order valence-corrected chi connectivity index (χ1v) is 6.44. The number of hydrogen-bond donors (Lipinski definition) is 1. The van der Waals surface area contributed by atoms with Gasteiger partial charge in [0.2, 0.25) is 0 Å². The summed E-state index contributed by atoms with van der Waals surface area (Å²) in [5.74, 6) is 0. The molecule has 2 nitrogen and oxygen atoms in total. The van der Waals surface area contributed by atoms with Crippen LogP contribution in [0, 0.1) is 18.3 Å². The van der Waals surface area contributed by atoms with Crippen molar-refractivity contribution in [2.75, 3.05) is 5.32 Å². The van der Waals surface area contributed by atoms with Crippen LogP contribution in [0.25, 0.3) is 0 Å². The summed E-state index contributed by atoms with van der Waals surface area (Å²) < 4.78 is 0. The van der Waals surface area contributed by atoms with Crippen molar-refractivity contribution in [3.05, 3.63) is 29.3 Å². The second-order valence-corrected chi connectivity index (χ2v) is 4.70. The van der Waals surface area contributed by atoms with Crippen LogP contribution in [0.15, 0.2) is 18.2 Å². The van der Waals surface area contributed by atoms with E-state index < -0.39 is 0 Å². The van der Waals surface area contributed by atoms with Crippen LogP contribution >= 0.6 is 0 Å². The second-order valence-electron chi connectivity index (χ2n) is 4.70. The smallest absolute Gasteiger partial charge is 0.101 e. The molecule has 2 heteroatoms. The van der Waals surface area contributed by atoms with Gasteiger partial charge in [0.25, 0.3) is 0 Å². The zero-order chi connectivity index (χ0) is 12.7. The summed E-state index contributed by atoms with van der Waals surface area (Å²) in [6.45, 7) is 6.40. The predicted octanol–water partition coefficient (Wildman–Crippen LogP) is 4.25. The summed E-state index contributed by atoms with van der Waals surface area (Å²) in [6, 6.07) is 8.65. The largest absolute Gasteiger partial charge is 0.382 e. The van der Waals surface area contributed by atoms with Crippen molar-refractivity contribution < 1.29 is 0 Å². The SMILES string of the molecule is CCCCCC(C)Nc1ccc(C)cc1C#N. The van der Waals surface area contributed by atoms with Crippen molar-refractivity contribution in [2.45, 2.75) is 52.5 Å². The van der Waals surface area contributed by atoms with Crippen LogP contribution in [-0.4, -0.2) is 6.04 Å². The van der Waals surface area contributed by atoms with Gasteiger partial charge in [-0.25, -0.2) is 0 Å². The highest BCUT2D eigenvalue weighted by atomic mass is 14.9. The first-order chi connectivity index (χ1) is 8.17. The average Bonchev–Trinajstić information content (AvgIpc) is 2.32. The van der Waals surface area contributed by atoms with Gasteiger partial charge in [0, 0.05) is 6.04 Å². The molecule has 1 rings (SSSR count). The molecule has 0 heterocycles. The average molecular weight is 230 g/mol. The highest BCUT2D eigenvalue weighted by Gasteiger charge is 2.06. The Hall–Kier alpha value is -1.49. The highest BCUT2D eigenvalue weighted by Crippen LogP contribution is 2.18. The molecule has 92 valence electrons. The van der Waals surface area contributed by atoms with Gasteiger partial charge < -0.3 is 5.32 Å². The maximum Gasteiger partial charge on any atom is 0.101 e. The van der Waals surface area contributed by atoms with Crippen LogP contribution in [0.2, 0.25) is 0 Å². The maximum atomic E-state index is 9.08. The van der Waals surface area contributed by atoms with E-state index in [-0.39, 0.29) is 0 Å². The number of hydrogen-bond acceptors (Lipinski definition) is 2. The van der Waals surface area contributed by atoms with Gasteiger partial charge >= 0.3 is 0 Å². The van der Waals surface area contributed by atoms with Gasteiger partial charge in [-0.15, -0.1) is 0 Å². The van der Waals surface area contributed by atoms with Gasteiger partial charge in [0.1, 0.15) is 6.07 Å². The summed E-state index contributed by atoms with van der Waals surface area (Å²) in [4.78, 5) is 0. The van der Waals surface area contributed by atoms with Crippen molar-refractivity contribution in [3.8, 4) is 6.07 Å². The monoisotopic (exact) mass is 230 g/mol. The van der Waals surface area contributed by atoms with Crippen molar-refractivity contribution >= 4 is 5.69 Å². The van der Waals surface area contributed by atoms with Crippen LogP contribution < -0.4 is 5.32 Å². The standard InChI is InChI=1S/C15H22N2/c1-4-5-6-7-13(3)17-15-9-8-12(2)10-14(15)11-16/h8-10,13,17H,4-7H2,1-3H3. The Balaban J connectivity index is 2.59. The minimum Gasteiger partial charge on any atom is -0.382 e. The number of rotatable bonds is 6. The molecule has 0 aliphatic carbocycles. The molecule has 1 aromatic carbocycles.